The van der Waals surface area contributed by atoms with Gasteiger partial charge in [-0.15, -0.1) is 0 Å². The monoisotopic (exact) mass is 344 g/mol. The van der Waals surface area contributed by atoms with Crippen LogP contribution in [0.2, 0.25) is 0 Å². The van der Waals surface area contributed by atoms with Crippen molar-refractivity contribution >= 4 is 33.8 Å². The van der Waals surface area contributed by atoms with Gasteiger partial charge >= 0.3 is 0 Å². The molecular formula is C19H15F2PS. The Morgan fingerprint density at radius 2 is 1.04 bits per heavy atom. The SMILES string of the molecule is Cc1ccccc1P(=S)(c1ccccc1F)c1ccccc1F. The molecule has 116 valence electrons. The van der Waals surface area contributed by atoms with E-state index in [4.69, 9.17) is 11.8 Å². The van der Waals surface area contributed by atoms with E-state index < -0.39 is 6.04 Å². The van der Waals surface area contributed by atoms with Crippen LogP contribution >= 0.6 is 6.04 Å². The number of benzene rings is 3. The van der Waals surface area contributed by atoms with Crippen LogP contribution in [-0.2, 0) is 11.8 Å². The average molecular weight is 344 g/mol. The maximum atomic E-state index is 14.6. The van der Waals surface area contributed by atoms with Gasteiger partial charge < -0.3 is 0 Å². The summed E-state index contributed by atoms with van der Waals surface area (Å²) < 4.78 is 29.1. The summed E-state index contributed by atoms with van der Waals surface area (Å²) in [5.41, 5.74) is 0.947. The highest BCUT2D eigenvalue weighted by Gasteiger charge is 2.31. The first kappa shape index (κ1) is 16.0. The standard InChI is InChI=1S/C19H15F2PS/c1-14-8-2-5-11-17(14)22(23,18-12-6-3-9-15(18)20)19-13-7-4-10-16(19)21/h2-13H,1H3. The first-order valence-electron chi connectivity index (χ1n) is 7.21. The third kappa shape index (κ3) is 2.75. The largest absolute Gasteiger partial charge is 0.206 e. The lowest BCUT2D eigenvalue weighted by molar-refractivity contribution is 0.634. The van der Waals surface area contributed by atoms with Crippen LogP contribution in [0.1, 0.15) is 5.56 Å². The van der Waals surface area contributed by atoms with Crippen molar-refractivity contribution in [1.29, 1.82) is 0 Å². The third-order valence-electron chi connectivity index (χ3n) is 3.84. The predicted octanol–water partition coefficient (Wildman–Crippen LogP) is 4.03. The smallest absolute Gasteiger partial charge is 0.132 e. The number of hydrogen-bond acceptors (Lipinski definition) is 1. The minimum atomic E-state index is -2.81. The van der Waals surface area contributed by atoms with Crippen LogP contribution in [0.3, 0.4) is 0 Å². The van der Waals surface area contributed by atoms with Crippen molar-refractivity contribution < 1.29 is 8.78 Å². The van der Waals surface area contributed by atoms with E-state index in [0.717, 1.165) is 10.9 Å². The van der Waals surface area contributed by atoms with Crippen molar-refractivity contribution in [3.63, 3.8) is 0 Å². The van der Waals surface area contributed by atoms with Gasteiger partial charge in [-0.2, -0.15) is 0 Å². The molecule has 23 heavy (non-hydrogen) atoms. The van der Waals surface area contributed by atoms with E-state index in [9.17, 15) is 8.78 Å². The Morgan fingerprint density at radius 3 is 1.48 bits per heavy atom. The molecule has 0 aliphatic rings. The van der Waals surface area contributed by atoms with Crippen LogP contribution in [0.5, 0.6) is 0 Å². The molecule has 0 atom stereocenters. The molecule has 0 aromatic heterocycles. The van der Waals surface area contributed by atoms with Crippen LogP contribution in [0.15, 0.2) is 72.8 Å². The topological polar surface area (TPSA) is 0 Å². The van der Waals surface area contributed by atoms with Crippen LogP contribution in [-0.4, -0.2) is 0 Å². The van der Waals surface area contributed by atoms with Crippen LogP contribution in [0, 0.1) is 18.6 Å². The summed E-state index contributed by atoms with van der Waals surface area (Å²) >= 11 is 5.99. The molecule has 3 rings (SSSR count). The van der Waals surface area contributed by atoms with Crippen molar-refractivity contribution in [2.24, 2.45) is 0 Å². The molecule has 0 spiro atoms. The van der Waals surface area contributed by atoms with E-state index in [2.05, 4.69) is 0 Å². The Labute approximate surface area is 139 Å². The Bertz CT molecular complexity index is 787. The molecule has 3 aromatic rings. The lowest BCUT2D eigenvalue weighted by Gasteiger charge is -2.26. The Kier molecular flexibility index (Phi) is 4.43. The fraction of sp³-hybridized carbons (Fsp3) is 0.0526. The molecule has 0 aliphatic carbocycles. The minimum absolute atomic E-state index is 0.387. The van der Waals surface area contributed by atoms with Crippen molar-refractivity contribution in [3.05, 3.63) is 90.0 Å². The van der Waals surface area contributed by atoms with E-state index in [1.54, 1.807) is 36.4 Å². The summed E-state index contributed by atoms with van der Waals surface area (Å²) in [5, 5.41) is 1.62. The second-order valence-electron chi connectivity index (χ2n) is 5.30. The minimum Gasteiger partial charge on any atom is -0.206 e. The van der Waals surface area contributed by atoms with Gasteiger partial charge in [-0.25, -0.2) is 8.78 Å². The number of aryl methyl sites for hydroxylation is 1. The zero-order valence-corrected chi connectivity index (χ0v) is 14.3. The van der Waals surface area contributed by atoms with E-state index in [1.165, 1.54) is 12.1 Å². The molecule has 0 N–H and O–H groups in total. The molecule has 0 saturated carbocycles. The van der Waals surface area contributed by atoms with Gasteiger partial charge in [0.2, 0.25) is 0 Å². The third-order valence-corrected chi connectivity index (χ3v) is 8.87. The van der Waals surface area contributed by atoms with E-state index in [1.807, 2.05) is 31.2 Å². The Morgan fingerprint density at radius 1 is 0.652 bits per heavy atom. The van der Waals surface area contributed by atoms with Gasteiger partial charge in [-0.05, 0) is 29.9 Å². The maximum Gasteiger partial charge on any atom is 0.132 e. The summed E-state index contributed by atoms with van der Waals surface area (Å²) in [4.78, 5) is 0. The molecule has 0 nitrogen and oxygen atoms in total. The molecule has 0 amide bonds. The lowest BCUT2D eigenvalue weighted by atomic mass is 10.2. The fourth-order valence-corrected chi connectivity index (χ4v) is 7.21. The molecule has 0 aliphatic heterocycles. The van der Waals surface area contributed by atoms with E-state index in [0.29, 0.717) is 10.6 Å². The second kappa shape index (κ2) is 6.35. The van der Waals surface area contributed by atoms with Gasteiger partial charge in [0, 0.05) is 16.6 Å². The fourth-order valence-electron chi connectivity index (χ4n) is 2.72. The molecule has 0 unspecified atom stereocenters. The number of rotatable bonds is 3. The normalized spacial score (nSPS) is 11.4. The molecule has 3 aromatic carbocycles. The van der Waals surface area contributed by atoms with Crippen molar-refractivity contribution in [2.75, 3.05) is 0 Å². The van der Waals surface area contributed by atoms with Crippen LogP contribution in [0.4, 0.5) is 8.78 Å². The van der Waals surface area contributed by atoms with Crippen molar-refractivity contribution in [2.45, 2.75) is 6.92 Å². The van der Waals surface area contributed by atoms with Crippen molar-refractivity contribution in [3.8, 4) is 0 Å². The highest BCUT2D eigenvalue weighted by Crippen LogP contribution is 2.45. The zero-order chi connectivity index (χ0) is 16.4. The molecule has 0 radical (unpaired) electrons. The summed E-state index contributed by atoms with van der Waals surface area (Å²) in [5.74, 6) is -0.773. The van der Waals surface area contributed by atoms with E-state index >= 15 is 0 Å². The average Bonchev–Trinajstić information content (AvgIpc) is 2.55. The van der Waals surface area contributed by atoms with Gasteiger partial charge in [-0.1, -0.05) is 72.5 Å². The molecular weight excluding hydrogens is 329 g/mol. The van der Waals surface area contributed by atoms with Gasteiger partial charge in [-0.3, -0.25) is 0 Å². The van der Waals surface area contributed by atoms with Gasteiger partial charge in [0.1, 0.15) is 11.6 Å². The number of halogens is 2. The van der Waals surface area contributed by atoms with E-state index in [-0.39, 0.29) is 11.6 Å². The second-order valence-corrected chi connectivity index (χ2v) is 9.61. The molecule has 0 bridgehead atoms. The van der Waals surface area contributed by atoms with Crippen LogP contribution < -0.4 is 15.9 Å². The summed E-state index contributed by atoms with van der Waals surface area (Å²) in [6, 6.07) is 17.6. The van der Waals surface area contributed by atoms with Gasteiger partial charge in [0.15, 0.2) is 0 Å². The molecule has 4 heteroatoms. The first-order valence-corrected chi connectivity index (χ1v) is 10.0. The first-order chi connectivity index (χ1) is 11.0. The molecule has 0 saturated heterocycles. The Balaban J connectivity index is 2.41. The van der Waals surface area contributed by atoms with Crippen LogP contribution in [0.25, 0.3) is 0 Å². The quantitative estimate of drug-likeness (QED) is 0.647. The highest BCUT2D eigenvalue weighted by molar-refractivity contribution is 8.25. The summed E-state index contributed by atoms with van der Waals surface area (Å²) in [6.07, 6.45) is 0. The number of hydrogen-bond donors (Lipinski definition) is 0. The summed E-state index contributed by atoms with van der Waals surface area (Å²) in [6.45, 7) is 1.93. The van der Waals surface area contributed by atoms with Crippen molar-refractivity contribution in [1.82, 2.24) is 0 Å². The summed E-state index contributed by atoms with van der Waals surface area (Å²) in [7, 11) is 0. The maximum absolute atomic E-state index is 14.6. The van der Waals surface area contributed by atoms with Gasteiger partial charge in [0.05, 0.1) is 0 Å². The molecule has 0 fully saturated rings. The van der Waals surface area contributed by atoms with Gasteiger partial charge in [0.25, 0.3) is 0 Å². The molecule has 0 heterocycles. The Hall–Kier alpha value is -1.83. The zero-order valence-electron chi connectivity index (χ0n) is 12.5. The highest BCUT2D eigenvalue weighted by atomic mass is 32.4. The predicted molar refractivity (Wildman–Crippen MR) is 97.2 cm³/mol. The lowest BCUT2D eigenvalue weighted by Crippen LogP contribution is -2.29.